The number of hydrogen-bond acceptors (Lipinski definition) is 7. The van der Waals surface area contributed by atoms with Gasteiger partial charge in [-0.05, 0) is 23.8 Å². The molecule has 3 heterocycles. The highest BCUT2D eigenvalue weighted by Gasteiger charge is 2.20. The number of fused-ring (bicyclic) bond motifs is 1. The number of benzene rings is 2. The number of amides is 1. The lowest BCUT2D eigenvalue weighted by molar-refractivity contribution is -0.111. The maximum atomic E-state index is 12.7. The van der Waals surface area contributed by atoms with E-state index in [0.29, 0.717) is 35.6 Å². The molecule has 0 aliphatic carbocycles. The molecule has 5 rings (SSSR count). The molecule has 1 aliphatic heterocycles. The van der Waals surface area contributed by atoms with E-state index in [1.165, 1.54) is 17.4 Å². The van der Waals surface area contributed by atoms with E-state index in [4.69, 9.17) is 19.2 Å². The van der Waals surface area contributed by atoms with Gasteiger partial charge in [-0.3, -0.25) is 10.1 Å². The number of nitrogens with zero attached hydrogens (tertiary/aromatic N) is 3. The molecular formula is C25H22N4O4S. The molecule has 172 valence electrons. The van der Waals surface area contributed by atoms with Crippen LogP contribution in [0.2, 0.25) is 0 Å². The van der Waals surface area contributed by atoms with Crippen molar-refractivity contribution >= 4 is 28.5 Å². The van der Waals surface area contributed by atoms with Crippen LogP contribution in [0.15, 0.2) is 60.9 Å². The zero-order valence-corrected chi connectivity index (χ0v) is 19.5. The molecule has 4 aromatic rings. The highest BCUT2D eigenvalue weighted by atomic mass is 32.1. The van der Waals surface area contributed by atoms with Crippen molar-refractivity contribution in [2.24, 2.45) is 7.05 Å². The summed E-state index contributed by atoms with van der Waals surface area (Å²) in [5.74, 6) is 2.22. The Labute approximate surface area is 200 Å². The highest BCUT2D eigenvalue weighted by Crippen LogP contribution is 2.41. The molecule has 0 unspecified atom stereocenters. The van der Waals surface area contributed by atoms with E-state index in [9.17, 15) is 4.79 Å². The standard InChI is InChI=1S/C25H22N4O4S/c1-29-11-10-26-24(29)23-21(17-6-4-3-5-7-17)28-25(34-23)27-20(30)9-8-16-14-18(31-2)22-19(15-16)32-12-13-33-22/h3-11,14-15H,12-13H2,1-2H3,(H,27,28,30)/b9-8+. The summed E-state index contributed by atoms with van der Waals surface area (Å²) < 4.78 is 18.6. The predicted molar refractivity (Wildman–Crippen MR) is 131 cm³/mol. The molecular weight excluding hydrogens is 452 g/mol. The summed E-state index contributed by atoms with van der Waals surface area (Å²) in [6.45, 7) is 0.940. The van der Waals surface area contributed by atoms with Crippen molar-refractivity contribution in [2.75, 3.05) is 25.6 Å². The van der Waals surface area contributed by atoms with E-state index in [2.05, 4.69) is 10.3 Å². The van der Waals surface area contributed by atoms with Crippen molar-refractivity contribution in [1.29, 1.82) is 0 Å². The van der Waals surface area contributed by atoms with Gasteiger partial charge in [0.2, 0.25) is 11.7 Å². The first-order valence-electron chi connectivity index (χ1n) is 10.6. The van der Waals surface area contributed by atoms with Crippen LogP contribution >= 0.6 is 11.3 Å². The number of ether oxygens (including phenoxy) is 3. The number of nitrogens with one attached hydrogen (secondary N) is 1. The van der Waals surface area contributed by atoms with Crippen LogP contribution in [0.1, 0.15) is 5.56 Å². The van der Waals surface area contributed by atoms with Crippen molar-refractivity contribution in [3.8, 4) is 39.2 Å². The monoisotopic (exact) mass is 474 g/mol. The lowest BCUT2D eigenvalue weighted by Crippen LogP contribution is -2.16. The fraction of sp³-hybridized carbons (Fsp3) is 0.160. The Kier molecular flexibility index (Phi) is 6.01. The zero-order valence-electron chi connectivity index (χ0n) is 18.6. The number of carbonyl (C=O) groups is 1. The van der Waals surface area contributed by atoms with Crippen LogP contribution in [-0.2, 0) is 11.8 Å². The van der Waals surface area contributed by atoms with Gasteiger partial charge in [-0.15, -0.1) is 0 Å². The van der Waals surface area contributed by atoms with Crippen LogP contribution in [0.5, 0.6) is 17.2 Å². The SMILES string of the molecule is COc1cc(/C=C/C(=O)Nc2nc(-c3ccccc3)c(-c3nccn3C)s2)cc2c1OCCO2. The summed E-state index contributed by atoms with van der Waals surface area (Å²) in [6, 6.07) is 13.5. The molecule has 34 heavy (non-hydrogen) atoms. The smallest absolute Gasteiger partial charge is 0.250 e. The van der Waals surface area contributed by atoms with E-state index in [1.54, 1.807) is 25.4 Å². The van der Waals surface area contributed by atoms with Gasteiger partial charge in [0.1, 0.15) is 13.2 Å². The highest BCUT2D eigenvalue weighted by molar-refractivity contribution is 7.19. The van der Waals surface area contributed by atoms with Gasteiger partial charge in [0.15, 0.2) is 22.5 Å². The van der Waals surface area contributed by atoms with Crippen molar-refractivity contribution in [1.82, 2.24) is 14.5 Å². The van der Waals surface area contributed by atoms with Gasteiger partial charge in [0, 0.05) is 31.1 Å². The molecule has 0 atom stereocenters. The number of hydrogen-bond donors (Lipinski definition) is 1. The number of methoxy groups -OCH3 is 1. The molecule has 9 heteroatoms. The number of carbonyl (C=O) groups excluding carboxylic acids is 1. The Morgan fingerprint density at radius 3 is 2.79 bits per heavy atom. The van der Waals surface area contributed by atoms with Gasteiger partial charge < -0.3 is 18.8 Å². The van der Waals surface area contributed by atoms with Crippen LogP contribution in [-0.4, -0.2) is 40.8 Å². The molecule has 0 saturated heterocycles. The molecule has 1 aliphatic rings. The molecule has 0 bridgehead atoms. The molecule has 1 amide bonds. The summed E-state index contributed by atoms with van der Waals surface area (Å²) in [7, 11) is 3.50. The first-order chi connectivity index (χ1) is 16.6. The number of thiazole rings is 1. The maximum Gasteiger partial charge on any atom is 0.250 e. The van der Waals surface area contributed by atoms with Gasteiger partial charge in [0.05, 0.1) is 17.7 Å². The molecule has 1 N–H and O–H groups in total. The molecule has 2 aromatic heterocycles. The summed E-state index contributed by atoms with van der Waals surface area (Å²) in [5.41, 5.74) is 2.49. The van der Waals surface area contributed by atoms with Gasteiger partial charge >= 0.3 is 0 Å². The first-order valence-corrected chi connectivity index (χ1v) is 11.4. The van der Waals surface area contributed by atoms with E-state index >= 15 is 0 Å². The van der Waals surface area contributed by atoms with Crippen LogP contribution in [0.25, 0.3) is 28.0 Å². The van der Waals surface area contributed by atoms with Gasteiger partial charge in [0.25, 0.3) is 0 Å². The largest absolute Gasteiger partial charge is 0.493 e. The van der Waals surface area contributed by atoms with Crippen LogP contribution in [0.4, 0.5) is 5.13 Å². The Hall–Kier alpha value is -4.11. The average Bonchev–Trinajstić information content (AvgIpc) is 3.48. The molecule has 0 spiro atoms. The number of aryl methyl sites for hydroxylation is 1. The van der Waals surface area contributed by atoms with E-state index < -0.39 is 0 Å². The first kappa shape index (κ1) is 21.7. The summed E-state index contributed by atoms with van der Waals surface area (Å²) in [6.07, 6.45) is 6.77. The van der Waals surface area contributed by atoms with Crippen LogP contribution in [0, 0.1) is 0 Å². The average molecular weight is 475 g/mol. The van der Waals surface area contributed by atoms with E-state index in [0.717, 1.165) is 27.5 Å². The molecule has 0 radical (unpaired) electrons. The van der Waals surface area contributed by atoms with Crippen molar-refractivity contribution in [2.45, 2.75) is 0 Å². The van der Waals surface area contributed by atoms with Gasteiger partial charge in [-0.1, -0.05) is 41.7 Å². The second-order valence-electron chi connectivity index (χ2n) is 7.49. The Bertz CT molecular complexity index is 1340. The van der Waals surface area contributed by atoms with Gasteiger partial charge in [-0.2, -0.15) is 0 Å². The second kappa shape index (κ2) is 9.40. The molecule has 2 aromatic carbocycles. The normalized spacial score (nSPS) is 12.6. The number of anilines is 1. The lowest BCUT2D eigenvalue weighted by atomic mass is 10.1. The molecule has 8 nitrogen and oxygen atoms in total. The molecule has 0 fully saturated rings. The fourth-order valence-corrected chi connectivity index (χ4v) is 4.64. The third kappa shape index (κ3) is 4.38. The minimum atomic E-state index is -0.298. The van der Waals surface area contributed by atoms with E-state index in [1.807, 2.05) is 54.2 Å². The predicted octanol–water partition coefficient (Wildman–Crippen LogP) is 4.64. The fourth-order valence-electron chi connectivity index (χ4n) is 3.61. The van der Waals surface area contributed by atoms with E-state index in [-0.39, 0.29) is 5.91 Å². The van der Waals surface area contributed by atoms with Crippen molar-refractivity contribution < 1.29 is 19.0 Å². The zero-order chi connectivity index (χ0) is 23.5. The van der Waals surface area contributed by atoms with Crippen molar-refractivity contribution in [3.05, 3.63) is 66.5 Å². The number of rotatable bonds is 6. The van der Waals surface area contributed by atoms with Crippen molar-refractivity contribution in [3.63, 3.8) is 0 Å². The minimum absolute atomic E-state index is 0.298. The summed E-state index contributed by atoms with van der Waals surface area (Å²) in [4.78, 5) is 22.7. The summed E-state index contributed by atoms with van der Waals surface area (Å²) in [5, 5.41) is 3.36. The topological polar surface area (TPSA) is 87.5 Å². The van der Waals surface area contributed by atoms with Gasteiger partial charge in [-0.25, -0.2) is 9.97 Å². The third-order valence-corrected chi connectivity index (χ3v) is 6.17. The number of aromatic nitrogens is 3. The minimum Gasteiger partial charge on any atom is -0.493 e. The Morgan fingerprint density at radius 2 is 2.03 bits per heavy atom. The second-order valence-corrected chi connectivity index (χ2v) is 8.49. The van der Waals surface area contributed by atoms with Crippen LogP contribution < -0.4 is 19.5 Å². The van der Waals surface area contributed by atoms with Crippen LogP contribution in [0.3, 0.4) is 0 Å². The summed E-state index contributed by atoms with van der Waals surface area (Å²) >= 11 is 1.38. The molecule has 0 saturated carbocycles. The Balaban J connectivity index is 1.40. The quantitative estimate of drug-likeness (QED) is 0.410. The Morgan fingerprint density at radius 1 is 1.21 bits per heavy atom. The number of imidazole rings is 1. The maximum absolute atomic E-state index is 12.7. The lowest BCUT2D eigenvalue weighted by Gasteiger charge is -2.20. The third-order valence-electron chi connectivity index (χ3n) is 5.21.